The first-order valence-corrected chi connectivity index (χ1v) is 4.72. The van der Waals surface area contributed by atoms with Crippen LogP contribution < -0.4 is 5.73 Å². The Labute approximate surface area is 88.3 Å². The SMILES string of the molecule is CC(C)(C#N)CCn1cc(Cl)c(N)n1. The first kappa shape index (κ1) is 10.9. The first-order chi connectivity index (χ1) is 6.44. The topological polar surface area (TPSA) is 67.6 Å². The molecular formula is C9H13ClN4. The van der Waals surface area contributed by atoms with E-state index >= 15 is 0 Å². The maximum absolute atomic E-state index is 8.80. The molecule has 1 aromatic rings. The fourth-order valence-electron chi connectivity index (χ4n) is 0.976. The van der Waals surface area contributed by atoms with Gasteiger partial charge < -0.3 is 5.73 Å². The molecule has 0 bridgehead atoms. The van der Waals surface area contributed by atoms with Gasteiger partial charge in [0, 0.05) is 12.7 Å². The summed E-state index contributed by atoms with van der Waals surface area (Å²) < 4.78 is 1.66. The Balaban J connectivity index is 2.59. The number of halogens is 1. The zero-order valence-electron chi connectivity index (χ0n) is 8.29. The van der Waals surface area contributed by atoms with Crippen molar-refractivity contribution in [1.29, 1.82) is 5.26 Å². The van der Waals surface area contributed by atoms with Crippen LogP contribution in [-0.4, -0.2) is 9.78 Å². The predicted octanol–water partition coefficient (Wildman–Crippen LogP) is 2.06. The average Bonchev–Trinajstić information content (AvgIpc) is 2.44. The van der Waals surface area contributed by atoms with Gasteiger partial charge in [-0.25, -0.2) is 0 Å². The molecule has 0 saturated carbocycles. The van der Waals surface area contributed by atoms with E-state index in [-0.39, 0.29) is 5.41 Å². The van der Waals surface area contributed by atoms with Crippen LogP contribution in [0.3, 0.4) is 0 Å². The Bertz CT molecular complexity index is 342. The van der Waals surface area contributed by atoms with Crippen LogP contribution in [0, 0.1) is 16.7 Å². The normalized spacial score (nSPS) is 11.3. The highest BCUT2D eigenvalue weighted by Crippen LogP contribution is 2.21. The standard InChI is InChI=1S/C9H13ClN4/c1-9(2,6-11)3-4-14-5-7(10)8(12)13-14/h5H,3-4H2,1-2H3,(H2,12,13). The Morgan fingerprint density at radius 1 is 1.71 bits per heavy atom. The third-order valence-electron chi connectivity index (χ3n) is 2.01. The summed E-state index contributed by atoms with van der Waals surface area (Å²) in [6.45, 7) is 4.43. The molecule has 0 fully saturated rings. The van der Waals surface area contributed by atoms with E-state index in [4.69, 9.17) is 22.6 Å². The van der Waals surface area contributed by atoms with Gasteiger partial charge in [0.2, 0.25) is 0 Å². The summed E-state index contributed by atoms with van der Waals surface area (Å²) in [4.78, 5) is 0. The number of nitrogens with two attached hydrogens (primary N) is 1. The van der Waals surface area contributed by atoms with Crippen LogP contribution in [0.25, 0.3) is 0 Å². The fraction of sp³-hybridized carbons (Fsp3) is 0.556. The Hall–Kier alpha value is -1.21. The summed E-state index contributed by atoms with van der Waals surface area (Å²) in [6.07, 6.45) is 2.39. The van der Waals surface area contributed by atoms with E-state index in [0.717, 1.165) is 6.42 Å². The molecule has 1 heterocycles. The van der Waals surface area contributed by atoms with E-state index in [9.17, 15) is 0 Å². The highest BCUT2D eigenvalue weighted by atomic mass is 35.5. The van der Waals surface area contributed by atoms with Gasteiger partial charge in [-0.15, -0.1) is 0 Å². The molecule has 0 spiro atoms. The number of anilines is 1. The minimum absolute atomic E-state index is 0.335. The van der Waals surface area contributed by atoms with Crippen molar-refractivity contribution in [3.63, 3.8) is 0 Å². The van der Waals surface area contributed by atoms with Gasteiger partial charge in [-0.05, 0) is 20.3 Å². The van der Waals surface area contributed by atoms with E-state index in [1.807, 2.05) is 13.8 Å². The fourth-order valence-corrected chi connectivity index (χ4v) is 1.13. The first-order valence-electron chi connectivity index (χ1n) is 4.34. The Morgan fingerprint density at radius 3 is 2.79 bits per heavy atom. The molecule has 0 aliphatic heterocycles. The molecule has 0 aromatic carbocycles. The molecule has 2 N–H and O–H groups in total. The smallest absolute Gasteiger partial charge is 0.164 e. The van der Waals surface area contributed by atoms with Crippen LogP contribution in [0.4, 0.5) is 5.82 Å². The molecule has 1 rings (SSSR count). The van der Waals surface area contributed by atoms with Gasteiger partial charge in [-0.2, -0.15) is 10.4 Å². The third-order valence-corrected chi connectivity index (χ3v) is 2.30. The van der Waals surface area contributed by atoms with Crippen molar-refractivity contribution >= 4 is 17.4 Å². The maximum atomic E-state index is 8.80. The van der Waals surface area contributed by atoms with Gasteiger partial charge in [0.25, 0.3) is 0 Å². The lowest BCUT2D eigenvalue weighted by Gasteiger charge is -2.14. The third kappa shape index (κ3) is 2.64. The van der Waals surface area contributed by atoms with Crippen LogP contribution >= 0.6 is 11.6 Å². The molecule has 0 saturated heterocycles. The summed E-state index contributed by atoms with van der Waals surface area (Å²) in [5.74, 6) is 0.335. The molecule has 76 valence electrons. The van der Waals surface area contributed by atoms with Crippen LogP contribution in [0.1, 0.15) is 20.3 Å². The zero-order chi connectivity index (χ0) is 10.8. The second kappa shape index (κ2) is 3.89. The lowest BCUT2D eigenvalue weighted by Crippen LogP contribution is -2.12. The highest BCUT2D eigenvalue weighted by molar-refractivity contribution is 6.32. The minimum Gasteiger partial charge on any atom is -0.381 e. The summed E-state index contributed by atoms with van der Waals surface area (Å²) in [5, 5.41) is 13.3. The van der Waals surface area contributed by atoms with Crippen LogP contribution in [-0.2, 0) is 6.54 Å². The number of hydrogen-bond acceptors (Lipinski definition) is 3. The van der Waals surface area contributed by atoms with Crippen molar-refractivity contribution in [2.24, 2.45) is 5.41 Å². The molecule has 1 aromatic heterocycles. The van der Waals surface area contributed by atoms with Crippen molar-refractivity contribution in [3.05, 3.63) is 11.2 Å². The Morgan fingerprint density at radius 2 is 2.36 bits per heavy atom. The monoisotopic (exact) mass is 212 g/mol. The zero-order valence-corrected chi connectivity index (χ0v) is 9.04. The molecule has 0 aliphatic rings. The summed E-state index contributed by atoms with van der Waals surface area (Å²) in [5.41, 5.74) is 5.14. The summed E-state index contributed by atoms with van der Waals surface area (Å²) in [7, 11) is 0. The predicted molar refractivity (Wildman–Crippen MR) is 55.7 cm³/mol. The lowest BCUT2D eigenvalue weighted by atomic mass is 9.92. The second-order valence-electron chi connectivity index (χ2n) is 3.87. The van der Waals surface area contributed by atoms with Crippen LogP contribution in [0.15, 0.2) is 6.20 Å². The number of hydrogen-bond donors (Lipinski definition) is 1. The number of aromatic nitrogens is 2. The van der Waals surface area contributed by atoms with Gasteiger partial charge in [0.15, 0.2) is 5.82 Å². The number of nitriles is 1. The molecular weight excluding hydrogens is 200 g/mol. The molecule has 0 aliphatic carbocycles. The number of nitrogen functional groups attached to an aromatic ring is 1. The van der Waals surface area contributed by atoms with Crippen LogP contribution in [0.2, 0.25) is 5.02 Å². The second-order valence-corrected chi connectivity index (χ2v) is 4.28. The van der Waals surface area contributed by atoms with Crippen molar-refractivity contribution in [3.8, 4) is 6.07 Å². The van der Waals surface area contributed by atoms with Crippen molar-refractivity contribution < 1.29 is 0 Å². The molecule has 5 heteroatoms. The van der Waals surface area contributed by atoms with Gasteiger partial charge >= 0.3 is 0 Å². The van der Waals surface area contributed by atoms with E-state index in [1.54, 1.807) is 10.9 Å². The van der Waals surface area contributed by atoms with Crippen molar-refractivity contribution in [2.75, 3.05) is 5.73 Å². The molecule has 0 radical (unpaired) electrons. The lowest BCUT2D eigenvalue weighted by molar-refractivity contribution is 0.399. The van der Waals surface area contributed by atoms with E-state index < -0.39 is 0 Å². The molecule has 14 heavy (non-hydrogen) atoms. The summed E-state index contributed by atoms with van der Waals surface area (Å²) >= 11 is 5.74. The van der Waals surface area contributed by atoms with E-state index in [2.05, 4.69) is 11.2 Å². The summed E-state index contributed by atoms with van der Waals surface area (Å²) in [6, 6.07) is 2.23. The molecule has 0 atom stereocenters. The van der Waals surface area contributed by atoms with Gasteiger partial charge in [-0.3, -0.25) is 4.68 Å². The van der Waals surface area contributed by atoms with E-state index in [0.29, 0.717) is 17.4 Å². The van der Waals surface area contributed by atoms with Gasteiger partial charge in [0.05, 0.1) is 11.5 Å². The maximum Gasteiger partial charge on any atom is 0.164 e. The van der Waals surface area contributed by atoms with Crippen molar-refractivity contribution in [1.82, 2.24) is 9.78 Å². The Kier molecular flexibility index (Phi) is 3.02. The molecule has 0 unspecified atom stereocenters. The van der Waals surface area contributed by atoms with E-state index in [1.165, 1.54) is 0 Å². The quantitative estimate of drug-likeness (QED) is 0.834. The largest absolute Gasteiger partial charge is 0.381 e. The van der Waals surface area contributed by atoms with Crippen LogP contribution in [0.5, 0.6) is 0 Å². The highest BCUT2D eigenvalue weighted by Gasteiger charge is 2.16. The average molecular weight is 213 g/mol. The number of rotatable bonds is 3. The van der Waals surface area contributed by atoms with Gasteiger partial charge in [-0.1, -0.05) is 11.6 Å². The molecule has 0 amide bonds. The molecule has 4 nitrogen and oxygen atoms in total. The van der Waals surface area contributed by atoms with Crippen molar-refractivity contribution in [2.45, 2.75) is 26.8 Å². The minimum atomic E-state index is -0.340. The number of aryl methyl sites for hydroxylation is 1. The number of nitrogens with zero attached hydrogens (tertiary/aromatic N) is 3. The van der Waals surface area contributed by atoms with Gasteiger partial charge in [0.1, 0.15) is 5.02 Å².